The summed E-state index contributed by atoms with van der Waals surface area (Å²) in [6.07, 6.45) is 0. The topological polar surface area (TPSA) is 49.4 Å². The van der Waals surface area contributed by atoms with Crippen molar-refractivity contribution >= 4 is 27.6 Å². The maximum atomic E-state index is 12.4. The van der Waals surface area contributed by atoms with Crippen LogP contribution in [0.3, 0.4) is 0 Å². The minimum absolute atomic E-state index is 0.0154. The molecule has 0 heterocycles. The number of halogens is 1. The van der Waals surface area contributed by atoms with Gasteiger partial charge in [0.1, 0.15) is 0 Å². The van der Waals surface area contributed by atoms with E-state index in [9.17, 15) is 9.59 Å². The Balaban J connectivity index is 2.57. The van der Waals surface area contributed by atoms with E-state index >= 15 is 0 Å². The first-order valence-corrected chi connectivity index (χ1v) is 7.87. The molecule has 21 heavy (non-hydrogen) atoms. The average molecular weight is 355 g/mol. The van der Waals surface area contributed by atoms with Crippen LogP contribution in [0.25, 0.3) is 0 Å². The maximum absolute atomic E-state index is 12.4. The van der Waals surface area contributed by atoms with Gasteiger partial charge in [0, 0.05) is 16.6 Å². The zero-order chi connectivity index (χ0) is 16.0. The molecule has 0 spiro atoms. The summed E-state index contributed by atoms with van der Waals surface area (Å²) in [5.74, 6) is 0.379. The van der Waals surface area contributed by atoms with Crippen molar-refractivity contribution in [2.24, 2.45) is 5.92 Å². The highest BCUT2D eigenvalue weighted by Gasteiger charge is 2.21. The smallest absolute Gasteiger partial charge is 0.234 e. The first kappa shape index (κ1) is 17.9. The van der Waals surface area contributed by atoms with Gasteiger partial charge in [-0.25, -0.2) is 0 Å². The standard InChI is InChI=1S/C16H23BrN2O2/c1-11(2)9-18-15(20)10-19(4)12(3)16(21)13-5-7-14(17)8-6-13/h5-8,11-12H,9-10H2,1-4H3,(H,18,20). The molecule has 0 bridgehead atoms. The first-order valence-electron chi connectivity index (χ1n) is 7.08. The Hall–Kier alpha value is -1.20. The summed E-state index contributed by atoms with van der Waals surface area (Å²) < 4.78 is 0.938. The summed E-state index contributed by atoms with van der Waals surface area (Å²) in [5, 5.41) is 2.86. The zero-order valence-electron chi connectivity index (χ0n) is 13.0. The Morgan fingerprint density at radius 3 is 2.29 bits per heavy atom. The van der Waals surface area contributed by atoms with Crippen LogP contribution in [0.4, 0.5) is 0 Å². The summed E-state index contributed by atoms with van der Waals surface area (Å²) >= 11 is 3.35. The Kier molecular flexibility index (Phi) is 7.05. The van der Waals surface area contributed by atoms with E-state index in [1.165, 1.54) is 0 Å². The molecule has 0 saturated heterocycles. The third-order valence-electron chi connectivity index (χ3n) is 3.27. The molecule has 0 saturated carbocycles. The highest BCUT2D eigenvalue weighted by atomic mass is 79.9. The van der Waals surface area contributed by atoms with Crippen LogP contribution in [0.2, 0.25) is 0 Å². The lowest BCUT2D eigenvalue weighted by molar-refractivity contribution is -0.122. The highest BCUT2D eigenvalue weighted by molar-refractivity contribution is 9.10. The minimum Gasteiger partial charge on any atom is -0.355 e. The van der Waals surface area contributed by atoms with E-state index in [2.05, 4.69) is 21.2 Å². The van der Waals surface area contributed by atoms with Crippen LogP contribution in [0, 0.1) is 5.92 Å². The highest BCUT2D eigenvalue weighted by Crippen LogP contribution is 2.13. The number of carbonyl (C=O) groups is 2. The second kappa shape index (κ2) is 8.29. The number of likely N-dealkylation sites (N-methyl/N-ethyl adjacent to an activating group) is 1. The van der Waals surface area contributed by atoms with Gasteiger partial charge in [-0.05, 0) is 32.0 Å². The van der Waals surface area contributed by atoms with Crippen LogP contribution in [0.5, 0.6) is 0 Å². The quantitative estimate of drug-likeness (QED) is 0.766. The van der Waals surface area contributed by atoms with Crippen molar-refractivity contribution < 1.29 is 9.59 Å². The molecule has 5 heteroatoms. The van der Waals surface area contributed by atoms with Crippen molar-refractivity contribution in [2.75, 3.05) is 20.1 Å². The van der Waals surface area contributed by atoms with Gasteiger partial charge in [-0.1, -0.05) is 41.9 Å². The number of nitrogens with zero attached hydrogens (tertiary/aromatic N) is 1. The van der Waals surface area contributed by atoms with Crippen LogP contribution in [-0.2, 0) is 4.79 Å². The van der Waals surface area contributed by atoms with Gasteiger partial charge in [-0.3, -0.25) is 14.5 Å². The lowest BCUT2D eigenvalue weighted by Gasteiger charge is -2.23. The van der Waals surface area contributed by atoms with Gasteiger partial charge in [0.2, 0.25) is 5.91 Å². The molecule has 4 nitrogen and oxygen atoms in total. The number of nitrogens with one attached hydrogen (secondary N) is 1. The zero-order valence-corrected chi connectivity index (χ0v) is 14.6. The molecule has 1 amide bonds. The number of carbonyl (C=O) groups excluding carboxylic acids is 2. The lowest BCUT2D eigenvalue weighted by atomic mass is 10.0. The van der Waals surface area contributed by atoms with Crippen LogP contribution in [-0.4, -0.2) is 42.8 Å². The van der Waals surface area contributed by atoms with Gasteiger partial charge in [0.05, 0.1) is 12.6 Å². The van der Waals surface area contributed by atoms with Gasteiger partial charge in [0.15, 0.2) is 5.78 Å². The number of rotatable bonds is 7. The molecule has 0 aliphatic carbocycles. The third-order valence-corrected chi connectivity index (χ3v) is 3.80. The summed E-state index contributed by atoms with van der Waals surface area (Å²) in [6, 6.07) is 6.92. The summed E-state index contributed by atoms with van der Waals surface area (Å²) in [6.45, 7) is 6.78. The van der Waals surface area contributed by atoms with E-state index in [-0.39, 0.29) is 24.3 Å². The molecule has 1 atom stereocenters. The molecule has 0 aliphatic heterocycles. The van der Waals surface area contributed by atoms with Gasteiger partial charge >= 0.3 is 0 Å². The van der Waals surface area contributed by atoms with E-state index in [1.807, 2.05) is 32.9 Å². The van der Waals surface area contributed by atoms with Crippen molar-refractivity contribution in [1.29, 1.82) is 0 Å². The Morgan fingerprint density at radius 2 is 1.76 bits per heavy atom. The van der Waals surface area contributed by atoms with E-state index in [4.69, 9.17) is 0 Å². The van der Waals surface area contributed by atoms with E-state index in [0.29, 0.717) is 18.0 Å². The molecule has 0 aliphatic rings. The van der Waals surface area contributed by atoms with E-state index in [0.717, 1.165) is 4.47 Å². The van der Waals surface area contributed by atoms with Gasteiger partial charge in [0.25, 0.3) is 0 Å². The Bertz CT molecular complexity index is 486. The summed E-state index contributed by atoms with van der Waals surface area (Å²) in [4.78, 5) is 25.9. The van der Waals surface area contributed by atoms with Crippen LogP contribution in [0.15, 0.2) is 28.7 Å². The second-order valence-electron chi connectivity index (χ2n) is 5.66. The van der Waals surface area contributed by atoms with E-state index < -0.39 is 0 Å². The fraction of sp³-hybridized carbons (Fsp3) is 0.500. The van der Waals surface area contributed by atoms with Crippen LogP contribution < -0.4 is 5.32 Å². The van der Waals surface area contributed by atoms with Crippen molar-refractivity contribution in [2.45, 2.75) is 26.8 Å². The molecule has 1 aromatic rings. The third kappa shape index (κ3) is 5.98. The molecule has 0 aromatic heterocycles. The monoisotopic (exact) mass is 354 g/mol. The summed E-state index contributed by atoms with van der Waals surface area (Å²) in [5.41, 5.74) is 0.653. The number of Topliss-reactive ketones (excluding diaryl/α,β-unsaturated/α-hetero) is 1. The van der Waals surface area contributed by atoms with Crippen molar-refractivity contribution in [3.63, 3.8) is 0 Å². The van der Waals surface area contributed by atoms with Gasteiger partial charge in [-0.15, -0.1) is 0 Å². The number of amides is 1. The predicted molar refractivity (Wildman–Crippen MR) is 88.4 cm³/mol. The Labute approximate surface area is 135 Å². The molecule has 1 unspecified atom stereocenters. The van der Waals surface area contributed by atoms with Crippen LogP contribution in [0.1, 0.15) is 31.1 Å². The maximum Gasteiger partial charge on any atom is 0.234 e. The van der Waals surface area contributed by atoms with Crippen molar-refractivity contribution in [3.8, 4) is 0 Å². The van der Waals surface area contributed by atoms with Crippen LogP contribution >= 0.6 is 15.9 Å². The number of hydrogen-bond acceptors (Lipinski definition) is 3. The SMILES string of the molecule is CC(C)CNC(=O)CN(C)C(C)C(=O)c1ccc(Br)cc1. The molecule has 1 rings (SSSR count). The second-order valence-corrected chi connectivity index (χ2v) is 6.58. The molecule has 116 valence electrons. The fourth-order valence-corrected chi connectivity index (χ4v) is 2.06. The van der Waals surface area contributed by atoms with Crippen molar-refractivity contribution in [3.05, 3.63) is 34.3 Å². The molecule has 1 aromatic carbocycles. The Morgan fingerprint density at radius 1 is 1.19 bits per heavy atom. The number of ketones is 1. The lowest BCUT2D eigenvalue weighted by Crippen LogP contribution is -2.43. The minimum atomic E-state index is -0.337. The first-order chi connectivity index (χ1) is 9.81. The molecule has 0 radical (unpaired) electrons. The van der Waals surface area contributed by atoms with E-state index in [1.54, 1.807) is 24.1 Å². The number of benzene rings is 1. The molecule has 1 N–H and O–H groups in total. The summed E-state index contributed by atoms with van der Waals surface area (Å²) in [7, 11) is 1.79. The fourth-order valence-electron chi connectivity index (χ4n) is 1.79. The average Bonchev–Trinajstić information content (AvgIpc) is 2.44. The number of hydrogen-bond donors (Lipinski definition) is 1. The predicted octanol–water partition coefficient (Wildman–Crippen LogP) is 2.72. The van der Waals surface area contributed by atoms with Gasteiger partial charge < -0.3 is 5.32 Å². The molecular formula is C16H23BrN2O2. The van der Waals surface area contributed by atoms with Gasteiger partial charge in [-0.2, -0.15) is 0 Å². The molecular weight excluding hydrogens is 332 g/mol. The van der Waals surface area contributed by atoms with Crippen molar-refractivity contribution in [1.82, 2.24) is 10.2 Å². The largest absolute Gasteiger partial charge is 0.355 e. The molecule has 0 fully saturated rings. The normalized spacial score (nSPS) is 12.5.